The largest absolute Gasteiger partial charge is 0.493 e. The molecular weight excluding hydrogens is 380 g/mol. The molecule has 2 atom stereocenters. The van der Waals surface area contributed by atoms with Gasteiger partial charge >= 0.3 is 0 Å². The molecule has 0 unspecified atom stereocenters. The van der Waals surface area contributed by atoms with Gasteiger partial charge in [-0.1, -0.05) is 18.2 Å². The Bertz CT molecular complexity index is 1010. The molecule has 5 rings (SSSR count). The fourth-order valence-corrected chi connectivity index (χ4v) is 5.25. The van der Waals surface area contributed by atoms with Crippen molar-refractivity contribution in [2.45, 2.75) is 31.2 Å². The Morgan fingerprint density at radius 3 is 2.40 bits per heavy atom. The van der Waals surface area contributed by atoms with Crippen molar-refractivity contribution in [1.29, 1.82) is 0 Å². The van der Waals surface area contributed by atoms with Crippen LogP contribution < -0.4 is 9.47 Å². The number of methoxy groups -OCH3 is 2. The van der Waals surface area contributed by atoms with E-state index >= 15 is 0 Å². The molecule has 6 nitrogen and oxygen atoms in total. The summed E-state index contributed by atoms with van der Waals surface area (Å²) >= 11 is 0. The number of amides is 2. The molecule has 156 valence electrons. The Kier molecular flexibility index (Phi) is 4.65. The van der Waals surface area contributed by atoms with E-state index in [0.717, 1.165) is 49.0 Å². The highest BCUT2D eigenvalue weighted by molar-refractivity contribution is 6.01. The molecule has 0 aromatic heterocycles. The molecule has 0 radical (unpaired) electrons. The molecule has 3 aliphatic heterocycles. The number of carbonyl (C=O) groups is 2. The van der Waals surface area contributed by atoms with Crippen LogP contribution in [0.4, 0.5) is 0 Å². The van der Waals surface area contributed by atoms with Crippen LogP contribution in [0.15, 0.2) is 36.4 Å². The van der Waals surface area contributed by atoms with E-state index in [2.05, 4.69) is 0 Å². The van der Waals surface area contributed by atoms with E-state index in [9.17, 15) is 9.59 Å². The molecule has 0 spiro atoms. The van der Waals surface area contributed by atoms with Crippen molar-refractivity contribution in [3.63, 3.8) is 0 Å². The van der Waals surface area contributed by atoms with Crippen LogP contribution in [-0.4, -0.2) is 55.5 Å². The minimum atomic E-state index is -0.408. The van der Waals surface area contributed by atoms with Gasteiger partial charge < -0.3 is 19.3 Å². The summed E-state index contributed by atoms with van der Waals surface area (Å²) < 4.78 is 11.0. The zero-order valence-corrected chi connectivity index (χ0v) is 17.4. The normalized spacial score (nSPS) is 22.3. The standard InChI is InChI=1S/C24H26N2O4/c1-29-19-13-15-9-12-26-22(18(15)14-20(19)30-2)21(24(28)25-10-5-6-11-25)16-7-3-4-8-17(16)23(26)27/h3-4,7-8,13-14,21-22H,5-6,9-12H2,1-2H3/t21-,22+/m0/s1. The highest BCUT2D eigenvalue weighted by Gasteiger charge is 2.47. The summed E-state index contributed by atoms with van der Waals surface area (Å²) in [6, 6.07) is 11.2. The molecule has 2 amide bonds. The average Bonchev–Trinajstić information content (AvgIpc) is 3.33. The Balaban J connectivity index is 1.69. The lowest BCUT2D eigenvalue weighted by molar-refractivity contribution is -0.133. The van der Waals surface area contributed by atoms with Gasteiger partial charge in [-0.25, -0.2) is 0 Å². The second kappa shape index (κ2) is 7.35. The number of benzene rings is 2. The van der Waals surface area contributed by atoms with E-state index in [4.69, 9.17) is 9.47 Å². The third-order valence-corrected chi connectivity index (χ3v) is 6.71. The summed E-state index contributed by atoms with van der Waals surface area (Å²) in [4.78, 5) is 31.0. The lowest BCUT2D eigenvalue weighted by Crippen LogP contribution is -2.50. The minimum absolute atomic E-state index is 0.00140. The Morgan fingerprint density at radius 1 is 0.967 bits per heavy atom. The first-order chi connectivity index (χ1) is 14.6. The minimum Gasteiger partial charge on any atom is -0.493 e. The predicted octanol–water partition coefficient (Wildman–Crippen LogP) is 3.16. The number of ether oxygens (including phenoxy) is 2. The topological polar surface area (TPSA) is 59.1 Å². The van der Waals surface area contributed by atoms with Gasteiger partial charge in [0.15, 0.2) is 11.5 Å². The Morgan fingerprint density at radius 2 is 1.67 bits per heavy atom. The van der Waals surface area contributed by atoms with Crippen molar-refractivity contribution >= 4 is 11.8 Å². The quantitative estimate of drug-likeness (QED) is 0.786. The fraction of sp³-hybridized carbons (Fsp3) is 0.417. The zero-order valence-electron chi connectivity index (χ0n) is 17.4. The van der Waals surface area contributed by atoms with Gasteiger partial charge in [0.05, 0.1) is 26.2 Å². The van der Waals surface area contributed by atoms with Crippen LogP contribution in [-0.2, 0) is 11.2 Å². The predicted molar refractivity (Wildman–Crippen MR) is 112 cm³/mol. The number of fused-ring (bicyclic) bond motifs is 4. The smallest absolute Gasteiger partial charge is 0.254 e. The van der Waals surface area contributed by atoms with Crippen LogP contribution in [0, 0.1) is 0 Å². The molecule has 0 bridgehead atoms. The first-order valence-electron chi connectivity index (χ1n) is 10.6. The molecule has 1 fully saturated rings. The van der Waals surface area contributed by atoms with E-state index < -0.39 is 5.92 Å². The SMILES string of the molecule is COc1cc2c(cc1OC)[C@@H]1[C@@H](C(=O)N3CCCC3)c3ccccc3C(=O)N1CC2. The molecule has 0 saturated carbocycles. The highest BCUT2D eigenvalue weighted by atomic mass is 16.5. The van der Waals surface area contributed by atoms with Gasteiger partial charge in [-0.3, -0.25) is 9.59 Å². The van der Waals surface area contributed by atoms with Crippen molar-refractivity contribution in [3.8, 4) is 11.5 Å². The number of hydrogen-bond acceptors (Lipinski definition) is 4. The molecule has 3 aliphatic rings. The van der Waals surface area contributed by atoms with Gasteiger partial charge in [0.1, 0.15) is 0 Å². The maximum Gasteiger partial charge on any atom is 0.254 e. The van der Waals surface area contributed by atoms with Gasteiger partial charge in [-0.05, 0) is 54.2 Å². The van der Waals surface area contributed by atoms with Gasteiger partial charge in [0, 0.05) is 25.2 Å². The number of likely N-dealkylation sites (tertiary alicyclic amines) is 1. The molecule has 1 saturated heterocycles. The first-order valence-corrected chi connectivity index (χ1v) is 10.6. The van der Waals surface area contributed by atoms with E-state index in [1.807, 2.05) is 46.2 Å². The number of nitrogens with zero attached hydrogens (tertiary/aromatic N) is 2. The maximum atomic E-state index is 13.7. The molecule has 0 aliphatic carbocycles. The van der Waals surface area contributed by atoms with E-state index in [0.29, 0.717) is 23.6 Å². The van der Waals surface area contributed by atoms with Crippen molar-refractivity contribution in [2.75, 3.05) is 33.9 Å². The molecule has 0 N–H and O–H groups in total. The van der Waals surface area contributed by atoms with Crippen molar-refractivity contribution in [2.24, 2.45) is 0 Å². The lowest BCUT2D eigenvalue weighted by atomic mass is 9.75. The third-order valence-electron chi connectivity index (χ3n) is 6.71. The summed E-state index contributed by atoms with van der Waals surface area (Å²) in [5.74, 6) is 1.01. The van der Waals surface area contributed by atoms with Crippen molar-refractivity contribution in [1.82, 2.24) is 9.80 Å². The Labute approximate surface area is 176 Å². The van der Waals surface area contributed by atoms with Gasteiger partial charge in [-0.15, -0.1) is 0 Å². The van der Waals surface area contributed by atoms with Crippen LogP contribution >= 0.6 is 0 Å². The van der Waals surface area contributed by atoms with Crippen LogP contribution in [0.5, 0.6) is 11.5 Å². The summed E-state index contributed by atoms with van der Waals surface area (Å²) in [6.45, 7) is 2.16. The number of hydrogen-bond donors (Lipinski definition) is 0. The van der Waals surface area contributed by atoms with Crippen LogP contribution in [0.2, 0.25) is 0 Å². The Hall–Kier alpha value is -3.02. The molecule has 30 heavy (non-hydrogen) atoms. The fourth-order valence-electron chi connectivity index (χ4n) is 5.25. The maximum absolute atomic E-state index is 13.7. The number of carbonyl (C=O) groups excluding carboxylic acids is 2. The van der Waals surface area contributed by atoms with E-state index in [1.54, 1.807) is 14.2 Å². The average molecular weight is 406 g/mol. The zero-order chi connectivity index (χ0) is 20.8. The molecule has 2 aromatic carbocycles. The summed E-state index contributed by atoms with van der Waals surface area (Å²) in [6.07, 6.45) is 2.80. The highest BCUT2D eigenvalue weighted by Crippen LogP contribution is 2.49. The molecule has 2 aromatic rings. The van der Waals surface area contributed by atoms with Crippen LogP contribution in [0.1, 0.15) is 51.8 Å². The van der Waals surface area contributed by atoms with Gasteiger partial charge in [0.25, 0.3) is 5.91 Å². The van der Waals surface area contributed by atoms with Crippen molar-refractivity contribution < 1.29 is 19.1 Å². The van der Waals surface area contributed by atoms with E-state index in [-0.39, 0.29) is 17.9 Å². The van der Waals surface area contributed by atoms with Crippen LogP contribution in [0.25, 0.3) is 0 Å². The second-order valence-corrected chi connectivity index (χ2v) is 8.20. The summed E-state index contributed by atoms with van der Waals surface area (Å²) in [7, 11) is 3.23. The molecule has 6 heteroatoms. The number of rotatable bonds is 3. The monoisotopic (exact) mass is 406 g/mol. The second-order valence-electron chi connectivity index (χ2n) is 8.20. The van der Waals surface area contributed by atoms with Crippen LogP contribution in [0.3, 0.4) is 0 Å². The van der Waals surface area contributed by atoms with Gasteiger partial charge in [0.2, 0.25) is 5.91 Å². The lowest BCUT2D eigenvalue weighted by Gasteiger charge is -2.46. The van der Waals surface area contributed by atoms with E-state index in [1.165, 1.54) is 0 Å². The molecular formula is C24H26N2O4. The summed E-state index contributed by atoms with van der Waals surface area (Å²) in [5, 5.41) is 0. The third kappa shape index (κ3) is 2.77. The molecule has 3 heterocycles. The summed E-state index contributed by atoms with van der Waals surface area (Å²) in [5.41, 5.74) is 3.58. The first kappa shape index (κ1) is 19.0. The van der Waals surface area contributed by atoms with Crippen molar-refractivity contribution in [3.05, 3.63) is 58.7 Å². The van der Waals surface area contributed by atoms with Gasteiger partial charge in [-0.2, -0.15) is 0 Å².